The second-order valence-corrected chi connectivity index (χ2v) is 5.96. The van der Waals surface area contributed by atoms with Crippen LogP contribution in [0.3, 0.4) is 0 Å². The Hall–Kier alpha value is -3.01. The summed E-state index contributed by atoms with van der Waals surface area (Å²) in [6.07, 6.45) is 1.41. The van der Waals surface area contributed by atoms with E-state index in [1.165, 1.54) is 0 Å². The van der Waals surface area contributed by atoms with Gasteiger partial charge in [0.15, 0.2) is 0 Å². The first-order chi connectivity index (χ1) is 11.7. The molecule has 24 heavy (non-hydrogen) atoms. The molecule has 0 radical (unpaired) electrons. The van der Waals surface area contributed by atoms with Crippen LogP contribution in [-0.2, 0) is 6.54 Å². The number of benzene rings is 2. The van der Waals surface area contributed by atoms with E-state index in [2.05, 4.69) is 24.4 Å². The van der Waals surface area contributed by atoms with Gasteiger partial charge in [-0.05, 0) is 42.3 Å². The fraction of sp³-hybridized carbons (Fsp3) is 0.150. The van der Waals surface area contributed by atoms with E-state index < -0.39 is 0 Å². The van der Waals surface area contributed by atoms with Crippen molar-refractivity contribution in [3.63, 3.8) is 0 Å². The molecule has 0 fully saturated rings. The van der Waals surface area contributed by atoms with Crippen molar-refractivity contribution in [1.29, 1.82) is 0 Å². The summed E-state index contributed by atoms with van der Waals surface area (Å²) in [5.41, 5.74) is 3.79. The maximum atomic E-state index is 13.1. The molecule has 3 aromatic rings. The van der Waals surface area contributed by atoms with Crippen molar-refractivity contribution < 1.29 is 9.21 Å². The molecule has 0 unspecified atom stereocenters. The number of fused-ring (bicyclic) bond motifs is 1. The van der Waals surface area contributed by atoms with Gasteiger partial charge in [0, 0.05) is 5.69 Å². The minimum atomic E-state index is -0.223. The van der Waals surface area contributed by atoms with Gasteiger partial charge in [-0.1, -0.05) is 36.4 Å². The molecule has 2 aromatic carbocycles. The Balaban J connectivity index is 1.79. The van der Waals surface area contributed by atoms with Crippen molar-refractivity contribution in [3.05, 3.63) is 89.4 Å². The average Bonchev–Trinajstić information content (AvgIpc) is 3.11. The highest BCUT2D eigenvalue weighted by molar-refractivity contribution is 6.01. The minimum absolute atomic E-state index is 0.00834. The topological polar surface area (TPSA) is 45.5 Å². The summed E-state index contributed by atoms with van der Waals surface area (Å²) in [5, 5.41) is 3.51. The number of amides is 1. The van der Waals surface area contributed by atoms with Gasteiger partial charge in [-0.3, -0.25) is 4.79 Å². The third-order valence-corrected chi connectivity index (χ3v) is 4.41. The van der Waals surface area contributed by atoms with E-state index in [0.29, 0.717) is 12.1 Å². The van der Waals surface area contributed by atoms with Gasteiger partial charge in [0.05, 0.1) is 18.4 Å². The van der Waals surface area contributed by atoms with Crippen molar-refractivity contribution >= 4 is 11.6 Å². The second kappa shape index (κ2) is 5.89. The van der Waals surface area contributed by atoms with E-state index in [9.17, 15) is 4.79 Å². The molecule has 120 valence electrons. The summed E-state index contributed by atoms with van der Waals surface area (Å²) in [6.45, 7) is 2.49. The Kier molecular flexibility index (Phi) is 3.58. The fourth-order valence-electron chi connectivity index (χ4n) is 3.17. The van der Waals surface area contributed by atoms with Crippen LogP contribution in [0, 0.1) is 6.92 Å². The van der Waals surface area contributed by atoms with Gasteiger partial charge in [0.25, 0.3) is 5.91 Å². The zero-order valence-electron chi connectivity index (χ0n) is 13.4. The van der Waals surface area contributed by atoms with Crippen molar-refractivity contribution in [1.82, 2.24) is 4.90 Å². The molecule has 4 rings (SSSR count). The van der Waals surface area contributed by atoms with E-state index in [4.69, 9.17) is 4.42 Å². The molecular weight excluding hydrogens is 300 g/mol. The fourth-order valence-corrected chi connectivity index (χ4v) is 3.17. The summed E-state index contributed by atoms with van der Waals surface area (Å²) < 4.78 is 5.47. The van der Waals surface area contributed by atoms with Gasteiger partial charge in [0.1, 0.15) is 11.9 Å². The number of aryl methyl sites for hydroxylation is 1. The second-order valence-electron chi connectivity index (χ2n) is 5.96. The van der Waals surface area contributed by atoms with Crippen LogP contribution in [0.4, 0.5) is 5.69 Å². The number of nitrogens with zero attached hydrogens (tertiary/aromatic N) is 1. The van der Waals surface area contributed by atoms with Crippen LogP contribution in [0.25, 0.3) is 0 Å². The summed E-state index contributed by atoms with van der Waals surface area (Å²) in [4.78, 5) is 14.9. The van der Waals surface area contributed by atoms with E-state index in [1.807, 2.05) is 53.4 Å². The largest absolute Gasteiger partial charge is 0.467 e. The third-order valence-electron chi connectivity index (χ3n) is 4.41. The van der Waals surface area contributed by atoms with Gasteiger partial charge in [-0.15, -0.1) is 0 Å². The van der Waals surface area contributed by atoms with Crippen LogP contribution in [0.1, 0.15) is 33.4 Å². The molecular formula is C20H18N2O2. The Morgan fingerprint density at radius 1 is 1.04 bits per heavy atom. The van der Waals surface area contributed by atoms with E-state index in [0.717, 1.165) is 22.6 Å². The lowest BCUT2D eigenvalue weighted by atomic mass is 10.00. The lowest BCUT2D eigenvalue weighted by molar-refractivity contribution is 0.0651. The molecule has 4 heteroatoms. The van der Waals surface area contributed by atoms with Crippen LogP contribution < -0.4 is 5.32 Å². The third kappa shape index (κ3) is 2.46. The van der Waals surface area contributed by atoms with Crippen molar-refractivity contribution in [3.8, 4) is 0 Å². The lowest BCUT2D eigenvalue weighted by Gasteiger charge is -2.38. The highest BCUT2D eigenvalue weighted by Crippen LogP contribution is 2.35. The Bertz CT molecular complexity index is 871. The molecule has 0 saturated heterocycles. The molecule has 1 aromatic heterocycles. The Morgan fingerprint density at radius 2 is 1.83 bits per heavy atom. The smallest absolute Gasteiger partial charge is 0.258 e. The maximum Gasteiger partial charge on any atom is 0.258 e. The number of carbonyl (C=O) groups is 1. The van der Waals surface area contributed by atoms with Gasteiger partial charge in [-0.25, -0.2) is 0 Å². The van der Waals surface area contributed by atoms with E-state index >= 15 is 0 Å². The number of carbonyl (C=O) groups excluding carboxylic acids is 1. The monoisotopic (exact) mass is 318 g/mol. The summed E-state index contributed by atoms with van der Waals surface area (Å²) in [7, 11) is 0. The Morgan fingerprint density at radius 3 is 2.62 bits per heavy atom. The van der Waals surface area contributed by atoms with E-state index in [1.54, 1.807) is 6.26 Å². The molecule has 4 nitrogen and oxygen atoms in total. The van der Waals surface area contributed by atoms with Crippen LogP contribution in [0.15, 0.2) is 71.3 Å². The lowest BCUT2D eigenvalue weighted by Crippen LogP contribution is -2.42. The van der Waals surface area contributed by atoms with Crippen molar-refractivity contribution in [2.24, 2.45) is 0 Å². The first-order valence-electron chi connectivity index (χ1n) is 7.98. The van der Waals surface area contributed by atoms with Crippen LogP contribution >= 0.6 is 0 Å². The molecule has 1 atom stereocenters. The van der Waals surface area contributed by atoms with Crippen molar-refractivity contribution in [2.75, 3.05) is 5.32 Å². The molecule has 1 aliphatic rings. The van der Waals surface area contributed by atoms with Crippen LogP contribution in [0.2, 0.25) is 0 Å². The molecule has 1 amide bonds. The summed E-state index contributed by atoms with van der Waals surface area (Å²) >= 11 is 0. The number of anilines is 1. The predicted octanol–water partition coefficient (Wildman–Crippen LogP) is 4.35. The van der Waals surface area contributed by atoms with Crippen molar-refractivity contribution in [2.45, 2.75) is 19.6 Å². The highest BCUT2D eigenvalue weighted by Gasteiger charge is 2.33. The number of nitrogens with one attached hydrogen (secondary N) is 1. The number of hydrogen-bond acceptors (Lipinski definition) is 3. The normalized spacial score (nSPS) is 16.6. The molecule has 0 aliphatic carbocycles. The van der Waals surface area contributed by atoms with Gasteiger partial charge >= 0.3 is 0 Å². The maximum absolute atomic E-state index is 13.1. The number of para-hydroxylation sites is 1. The quantitative estimate of drug-likeness (QED) is 0.780. The summed E-state index contributed by atoms with van der Waals surface area (Å²) in [5.74, 6) is 0.775. The van der Waals surface area contributed by atoms with Gasteiger partial charge in [0.2, 0.25) is 0 Å². The minimum Gasteiger partial charge on any atom is -0.467 e. The molecule has 0 spiro atoms. The Labute approximate surface area is 140 Å². The van der Waals surface area contributed by atoms with Gasteiger partial charge in [-0.2, -0.15) is 0 Å². The molecule has 0 bridgehead atoms. The molecule has 1 N–H and O–H groups in total. The molecule has 0 saturated carbocycles. The predicted molar refractivity (Wildman–Crippen MR) is 92.6 cm³/mol. The number of furan rings is 1. The zero-order chi connectivity index (χ0) is 16.5. The zero-order valence-corrected chi connectivity index (χ0v) is 13.4. The molecule has 2 heterocycles. The molecule has 1 aliphatic heterocycles. The number of rotatable bonds is 3. The summed E-state index contributed by atoms with van der Waals surface area (Å²) in [6, 6.07) is 19.5. The average molecular weight is 318 g/mol. The van der Waals surface area contributed by atoms with E-state index in [-0.39, 0.29) is 12.1 Å². The highest BCUT2D eigenvalue weighted by atomic mass is 16.3. The standard InChI is InChI=1S/C20H18N2O2/c1-14-7-2-3-9-16(14)19-21-18-11-5-4-10-17(18)20(23)22(19)13-15-8-6-12-24-15/h2-12,19,21H,13H2,1H3/t19-/m0/s1. The first-order valence-corrected chi connectivity index (χ1v) is 7.98. The van der Waals surface area contributed by atoms with Crippen LogP contribution in [0.5, 0.6) is 0 Å². The number of hydrogen-bond donors (Lipinski definition) is 1. The first kappa shape index (κ1) is 14.6. The van der Waals surface area contributed by atoms with Gasteiger partial charge < -0.3 is 14.6 Å². The van der Waals surface area contributed by atoms with Crippen LogP contribution in [-0.4, -0.2) is 10.8 Å². The SMILES string of the molecule is Cc1ccccc1[C@H]1Nc2ccccc2C(=O)N1Cc1ccco1.